The highest BCUT2D eigenvalue weighted by Crippen LogP contribution is 2.33. The number of hydrogen-bond donors (Lipinski definition) is 0. The van der Waals surface area contributed by atoms with E-state index in [9.17, 15) is 4.79 Å². The zero-order chi connectivity index (χ0) is 9.26. The van der Waals surface area contributed by atoms with Crippen LogP contribution in [0.2, 0.25) is 0 Å². The monoisotopic (exact) mass is 183 g/mol. The molecule has 2 aliphatic rings. The largest absolute Gasteiger partial charge is 0.465 e. The second-order valence-electron chi connectivity index (χ2n) is 3.92. The molecule has 2 rings (SSSR count). The second kappa shape index (κ2) is 3.66. The molecule has 3 nitrogen and oxygen atoms in total. The van der Waals surface area contributed by atoms with Crippen molar-refractivity contribution in [2.75, 3.05) is 19.7 Å². The first-order valence-electron chi connectivity index (χ1n) is 5.23. The van der Waals surface area contributed by atoms with Gasteiger partial charge in [-0.2, -0.15) is 0 Å². The Hall–Kier alpha value is -0.570. The molecule has 0 aromatic rings. The molecule has 0 spiro atoms. The van der Waals surface area contributed by atoms with Crippen molar-refractivity contribution in [2.45, 2.75) is 32.2 Å². The molecular weight excluding hydrogens is 166 g/mol. The van der Waals surface area contributed by atoms with Crippen LogP contribution in [-0.4, -0.2) is 36.6 Å². The van der Waals surface area contributed by atoms with Crippen molar-refractivity contribution in [3.8, 4) is 0 Å². The topological polar surface area (TPSA) is 29.5 Å². The summed E-state index contributed by atoms with van der Waals surface area (Å²) in [5.74, 6) is 0.581. The third-order valence-electron chi connectivity index (χ3n) is 3.18. The van der Waals surface area contributed by atoms with Crippen LogP contribution in [0.3, 0.4) is 0 Å². The maximum atomic E-state index is 11.6. The first-order valence-corrected chi connectivity index (χ1v) is 5.23. The minimum atomic E-state index is 0.00435. The number of ether oxygens (including phenoxy) is 1. The molecule has 3 unspecified atom stereocenters. The lowest BCUT2D eigenvalue weighted by Gasteiger charge is -2.30. The molecule has 74 valence electrons. The van der Waals surface area contributed by atoms with Gasteiger partial charge in [-0.1, -0.05) is 0 Å². The maximum Gasteiger partial charge on any atom is 0.323 e. The molecule has 2 saturated heterocycles. The van der Waals surface area contributed by atoms with Crippen LogP contribution < -0.4 is 0 Å². The van der Waals surface area contributed by atoms with Gasteiger partial charge < -0.3 is 4.74 Å². The summed E-state index contributed by atoms with van der Waals surface area (Å²) < 4.78 is 5.08. The fraction of sp³-hybridized carbons (Fsp3) is 0.900. The Morgan fingerprint density at radius 3 is 3.00 bits per heavy atom. The van der Waals surface area contributed by atoms with E-state index in [4.69, 9.17) is 4.74 Å². The zero-order valence-electron chi connectivity index (χ0n) is 8.16. The van der Waals surface area contributed by atoms with Gasteiger partial charge in [-0.3, -0.25) is 9.69 Å². The van der Waals surface area contributed by atoms with Crippen molar-refractivity contribution in [3.63, 3.8) is 0 Å². The molecule has 2 heterocycles. The Bertz CT molecular complexity index is 189. The van der Waals surface area contributed by atoms with Crippen LogP contribution in [0.15, 0.2) is 0 Å². The van der Waals surface area contributed by atoms with E-state index in [1.54, 1.807) is 0 Å². The Balaban J connectivity index is 2.02. The highest BCUT2D eigenvalue weighted by atomic mass is 16.5. The maximum absolute atomic E-state index is 11.6. The SMILES string of the molecule is CCOC(=O)C1C2CCCN1CC2. The van der Waals surface area contributed by atoms with Gasteiger partial charge in [-0.25, -0.2) is 0 Å². The third kappa shape index (κ3) is 1.57. The highest BCUT2D eigenvalue weighted by Gasteiger charge is 2.42. The van der Waals surface area contributed by atoms with Gasteiger partial charge in [-0.05, 0) is 45.2 Å². The number of esters is 1. The zero-order valence-corrected chi connectivity index (χ0v) is 8.16. The van der Waals surface area contributed by atoms with Gasteiger partial charge in [0.2, 0.25) is 0 Å². The number of hydrogen-bond acceptors (Lipinski definition) is 3. The standard InChI is InChI=1S/C10H17NO2/c1-2-13-10(12)9-8-4-3-6-11(9)7-5-8/h8-9H,2-7H2,1H3. The van der Waals surface area contributed by atoms with Crippen molar-refractivity contribution in [1.82, 2.24) is 4.90 Å². The lowest BCUT2D eigenvalue weighted by atomic mass is 9.92. The number of fused-ring (bicyclic) bond motifs is 2. The summed E-state index contributed by atoms with van der Waals surface area (Å²) in [7, 11) is 0. The summed E-state index contributed by atoms with van der Waals surface area (Å²) in [6, 6.07) is 0.0914. The van der Waals surface area contributed by atoms with E-state index in [1.165, 1.54) is 19.3 Å². The lowest BCUT2D eigenvalue weighted by molar-refractivity contribution is -0.150. The molecule has 3 heteroatoms. The average molecular weight is 183 g/mol. The Kier molecular flexibility index (Phi) is 2.54. The summed E-state index contributed by atoms with van der Waals surface area (Å²) in [5.41, 5.74) is 0. The first kappa shape index (κ1) is 9.00. The predicted molar refractivity (Wildman–Crippen MR) is 49.3 cm³/mol. The fourth-order valence-electron chi connectivity index (χ4n) is 2.61. The lowest BCUT2D eigenvalue weighted by Crippen LogP contribution is -2.44. The Labute approximate surface area is 79.0 Å². The average Bonchev–Trinajstić information content (AvgIpc) is 2.37. The number of nitrogens with zero attached hydrogens (tertiary/aromatic N) is 1. The minimum absolute atomic E-state index is 0.00435. The molecule has 0 aromatic heterocycles. The molecule has 0 amide bonds. The van der Waals surface area contributed by atoms with Crippen LogP contribution in [0, 0.1) is 5.92 Å². The molecule has 2 bridgehead atoms. The van der Waals surface area contributed by atoms with Crippen molar-refractivity contribution < 1.29 is 9.53 Å². The van der Waals surface area contributed by atoms with Crippen molar-refractivity contribution in [2.24, 2.45) is 5.92 Å². The fourth-order valence-corrected chi connectivity index (χ4v) is 2.61. The molecule has 3 atom stereocenters. The summed E-state index contributed by atoms with van der Waals surface area (Å²) >= 11 is 0. The van der Waals surface area contributed by atoms with Gasteiger partial charge in [0.1, 0.15) is 6.04 Å². The molecule has 2 aliphatic heterocycles. The van der Waals surface area contributed by atoms with Crippen molar-refractivity contribution in [3.05, 3.63) is 0 Å². The van der Waals surface area contributed by atoms with Crippen LogP contribution in [0.1, 0.15) is 26.2 Å². The molecular formula is C10H17NO2. The van der Waals surface area contributed by atoms with E-state index in [-0.39, 0.29) is 12.0 Å². The molecule has 2 fully saturated rings. The Morgan fingerprint density at radius 1 is 1.46 bits per heavy atom. The molecule has 0 radical (unpaired) electrons. The normalized spacial score (nSPS) is 37.5. The molecule has 0 N–H and O–H groups in total. The first-order chi connectivity index (χ1) is 6.33. The van der Waals surface area contributed by atoms with Crippen LogP contribution >= 0.6 is 0 Å². The van der Waals surface area contributed by atoms with E-state index in [1.807, 2.05) is 6.92 Å². The van der Waals surface area contributed by atoms with E-state index >= 15 is 0 Å². The van der Waals surface area contributed by atoms with Crippen LogP contribution in [-0.2, 0) is 9.53 Å². The van der Waals surface area contributed by atoms with Crippen molar-refractivity contribution in [1.29, 1.82) is 0 Å². The second-order valence-corrected chi connectivity index (χ2v) is 3.92. The number of carbonyl (C=O) groups excluding carboxylic acids is 1. The number of rotatable bonds is 2. The summed E-state index contributed by atoms with van der Waals surface area (Å²) in [5, 5.41) is 0. The van der Waals surface area contributed by atoms with E-state index < -0.39 is 0 Å². The van der Waals surface area contributed by atoms with Crippen molar-refractivity contribution >= 4 is 5.97 Å². The van der Waals surface area contributed by atoms with Crippen LogP contribution in [0.5, 0.6) is 0 Å². The van der Waals surface area contributed by atoms with Gasteiger partial charge in [-0.15, -0.1) is 0 Å². The van der Waals surface area contributed by atoms with Crippen LogP contribution in [0.25, 0.3) is 0 Å². The van der Waals surface area contributed by atoms with Gasteiger partial charge in [0.25, 0.3) is 0 Å². The molecule has 0 aliphatic carbocycles. The summed E-state index contributed by atoms with van der Waals surface area (Å²) in [6.07, 6.45) is 3.64. The Morgan fingerprint density at radius 2 is 2.31 bits per heavy atom. The molecule has 0 aromatic carbocycles. The van der Waals surface area contributed by atoms with Crippen LogP contribution in [0.4, 0.5) is 0 Å². The van der Waals surface area contributed by atoms with E-state index in [2.05, 4.69) is 4.90 Å². The van der Waals surface area contributed by atoms with Gasteiger partial charge in [0.05, 0.1) is 6.61 Å². The van der Waals surface area contributed by atoms with E-state index in [0.717, 1.165) is 13.1 Å². The predicted octanol–water partition coefficient (Wildman–Crippen LogP) is 1.03. The molecule has 0 saturated carbocycles. The minimum Gasteiger partial charge on any atom is -0.465 e. The quantitative estimate of drug-likeness (QED) is 0.599. The van der Waals surface area contributed by atoms with Gasteiger partial charge in [0, 0.05) is 0 Å². The van der Waals surface area contributed by atoms with Gasteiger partial charge in [0.15, 0.2) is 0 Å². The summed E-state index contributed by atoms with van der Waals surface area (Å²) in [4.78, 5) is 13.9. The third-order valence-corrected chi connectivity index (χ3v) is 3.18. The summed E-state index contributed by atoms with van der Waals surface area (Å²) in [6.45, 7) is 4.56. The number of piperidine rings is 1. The highest BCUT2D eigenvalue weighted by molar-refractivity contribution is 5.76. The number of carbonyl (C=O) groups is 1. The van der Waals surface area contributed by atoms with Gasteiger partial charge >= 0.3 is 5.97 Å². The smallest absolute Gasteiger partial charge is 0.323 e. The van der Waals surface area contributed by atoms with E-state index in [0.29, 0.717) is 12.5 Å². The molecule has 13 heavy (non-hydrogen) atoms.